The summed E-state index contributed by atoms with van der Waals surface area (Å²) in [4.78, 5) is 12.7. The first kappa shape index (κ1) is 30.8. The monoisotopic (exact) mass is 595 g/mol. The van der Waals surface area contributed by atoms with Crippen molar-refractivity contribution in [3.8, 4) is 11.5 Å². The third-order valence-electron chi connectivity index (χ3n) is 5.52. The van der Waals surface area contributed by atoms with E-state index in [-0.39, 0.29) is 67.8 Å². The summed E-state index contributed by atoms with van der Waals surface area (Å²) in [6.45, 7) is 3.62. The number of amides is 1. The van der Waals surface area contributed by atoms with Gasteiger partial charge in [-0.15, -0.1) is 5.11 Å². The van der Waals surface area contributed by atoms with E-state index in [0.29, 0.717) is 23.1 Å². The Morgan fingerprint density at radius 3 is 2.46 bits per heavy atom. The zero-order valence-electron chi connectivity index (χ0n) is 21.0. The first-order valence-electron chi connectivity index (χ1n) is 11.2. The fourth-order valence-corrected chi connectivity index (χ4v) is 5.36. The number of nitrogens with one attached hydrogen (secondary N) is 1. The molecule has 0 aliphatic carbocycles. The largest absolute Gasteiger partial charge is 1.00 e. The van der Waals surface area contributed by atoms with Crippen molar-refractivity contribution >= 4 is 67.1 Å². The van der Waals surface area contributed by atoms with E-state index in [1.807, 2.05) is 0 Å². The smallest absolute Gasteiger partial charge is 0.870 e. The van der Waals surface area contributed by atoms with Crippen LogP contribution in [0.25, 0.3) is 10.8 Å². The van der Waals surface area contributed by atoms with Crippen LogP contribution in [0.5, 0.6) is 11.5 Å². The van der Waals surface area contributed by atoms with Gasteiger partial charge in [0.15, 0.2) is 0 Å². The van der Waals surface area contributed by atoms with Crippen molar-refractivity contribution in [1.29, 1.82) is 0 Å². The minimum absolute atomic E-state index is 0. The Morgan fingerprint density at radius 2 is 1.77 bits per heavy atom. The van der Waals surface area contributed by atoms with E-state index in [2.05, 4.69) is 15.5 Å². The summed E-state index contributed by atoms with van der Waals surface area (Å²) in [6.07, 6.45) is 0. The van der Waals surface area contributed by atoms with Gasteiger partial charge in [0.1, 0.15) is 21.4 Å². The van der Waals surface area contributed by atoms with Crippen molar-refractivity contribution in [2.75, 3.05) is 11.9 Å². The summed E-state index contributed by atoms with van der Waals surface area (Å²) in [7, 11) is -4.64. The molecular weight excluding hydrogens is 576 g/mol. The fraction of sp³-hybridized carbons (Fsp3) is 0.115. The second kappa shape index (κ2) is 12.6. The van der Waals surface area contributed by atoms with E-state index in [1.165, 1.54) is 25.1 Å². The number of anilines is 1. The summed E-state index contributed by atoms with van der Waals surface area (Å²) >= 11 is 12.5. The van der Waals surface area contributed by atoms with Gasteiger partial charge in [-0.05, 0) is 49.1 Å². The van der Waals surface area contributed by atoms with E-state index < -0.39 is 26.7 Å². The number of hydrogen-bond acceptors (Lipinski definition) is 7. The number of nitrogens with zero attached hydrogens (tertiary/aromatic N) is 2. The number of carbonyl (C=O) groups excluding carboxylic acids is 1. The molecule has 0 unspecified atom stereocenters. The first-order chi connectivity index (χ1) is 18.0. The van der Waals surface area contributed by atoms with Crippen LogP contribution >= 0.6 is 23.2 Å². The molecule has 0 aliphatic rings. The number of rotatable bonds is 7. The maximum absolute atomic E-state index is 13.4. The normalized spacial score (nSPS) is 11.4. The van der Waals surface area contributed by atoms with Gasteiger partial charge in [0, 0.05) is 10.9 Å². The molecule has 0 aliphatic heterocycles. The molecule has 2 N–H and O–H groups in total. The van der Waals surface area contributed by atoms with Crippen LogP contribution in [-0.2, 0) is 10.1 Å². The van der Waals surface area contributed by atoms with Crippen LogP contribution in [0.3, 0.4) is 0 Å². The number of halogens is 2. The Kier molecular flexibility index (Phi) is 10.0. The van der Waals surface area contributed by atoms with Crippen LogP contribution in [0.15, 0.2) is 75.8 Å². The standard InChI is InChI=1S/C26H21Cl2N3O6S.Na/c1-3-37-20-10-6-9-18(21(20)27)29-26(33)17-13-15-7-4-5-8-16(15)23(24(17)32)31-30-19-12-11-14(2)25(22(19)28)38(34,35)36;/h4-13,32H,3H2,1-2H3,(H,29,33)(H,34,35,36);/q;+1/p-1. The Balaban J connectivity index is 0.00000420. The Bertz CT molecular complexity index is 1710. The summed E-state index contributed by atoms with van der Waals surface area (Å²) in [6, 6.07) is 15.8. The van der Waals surface area contributed by atoms with Gasteiger partial charge in [0.2, 0.25) is 0 Å². The van der Waals surface area contributed by atoms with Gasteiger partial charge in [-0.2, -0.15) is 13.5 Å². The molecule has 13 heteroatoms. The molecule has 0 radical (unpaired) electrons. The summed E-state index contributed by atoms with van der Waals surface area (Å²) in [5.41, 5.74) is -0.0148. The third kappa shape index (κ3) is 6.55. The van der Waals surface area contributed by atoms with Crippen molar-refractivity contribution < 1.29 is 57.2 Å². The number of benzene rings is 4. The number of carbonyl (C=O) groups is 1. The van der Waals surface area contributed by atoms with Gasteiger partial charge >= 0.3 is 29.6 Å². The summed E-state index contributed by atoms with van der Waals surface area (Å²) < 4.78 is 38.5. The van der Waals surface area contributed by atoms with Crippen molar-refractivity contribution in [2.24, 2.45) is 10.2 Å². The zero-order chi connectivity index (χ0) is 27.6. The van der Waals surface area contributed by atoms with Gasteiger partial charge in [-0.3, -0.25) is 9.35 Å². The molecule has 0 atom stereocenters. The van der Waals surface area contributed by atoms with E-state index in [9.17, 15) is 22.9 Å². The van der Waals surface area contributed by atoms with Gasteiger partial charge in [0.05, 0.1) is 23.0 Å². The summed E-state index contributed by atoms with van der Waals surface area (Å²) in [5.74, 6) is -1.07. The maximum Gasteiger partial charge on any atom is 1.00 e. The molecule has 9 nitrogen and oxygen atoms in total. The van der Waals surface area contributed by atoms with Crippen molar-refractivity contribution in [2.45, 2.75) is 18.7 Å². The van der Waals surface area contributed by atoms with Gasteiger partial charge in [0.25, 0.3) is 16.0 Å². The third-order valence-corrected chi connectivity index (χ3v) is 7.45. The Hall–Kier alpha value is -2.70. The molecule has 0 spiro atoms. The average molecular weight is 596 g/mol. The fourth-order valence-electron chi connectivity index (χ4n) is 3.78. The first-order valence-corrected chi connectivity index (χ1v) is 13.4. The van der Waals surface area contributed by atoms with Crippen LogP contribution in [0.2, 0.25) is 10.0 Å². The molecule has 0 aromatic heterocycles. The molecule has 196 valence electrons. The molecule has 0 saturated heterocycles. The van der Waals surface area contributed by atoms with Crippen LogP contribution in [0.4, 0.5) is 17.1 Å². The van der Waals surface area contributed by atoms with Crippen LogP contribution in [-0.4, -0.2) is 25.5 Å². The molecule has 0 heterocycles. The van der Waals surface area contributed by atoms with Gasteiger partial charge < -0.3 is 15.2 Å². The molecule has 0 saturated carbocycles. The second-order valence-electron chi connectivity index (χ2n) is 8.05. The number of ether oxygens (including phenoxy) is 1. The van der Waals surface area contributed by atoms with E-state index in [4.69, 9.17) is 27.9 Å². The van der Waals surface area contributed by atoms with Crippen molar-refractivity contribution in [1.82, 2.24) is 0 Å². The van der Waals surface area contributed by atoms with Gasteiger partial charge in [-0.25, -0.2) is 0 Å². The number of fused-ring (bicyclic) bond motifs is 1. The molecule has 0 bridgehead atoms. The van der Waals surface area contributed by atoms with Crippen molar-refractivity contribution in [3.63, 3.8) is 0 Å². The number of hydrogen-bond donors (Lipinski definition) is 2. The molecular formula is C26H20Cl2N3NaO6S. The van der Waals surface area contributed by atoms with E-state index in [0.717, 1.165) is 0 Å². The SMILES string of the molecule is CCOc1cccc(NC(=O)c2cc3ccccc3c(N=Nc3ccc(C)c(S(=O)(=O)O)c3Cl)c2[O-])c1Cl.[Na+]. The molecule has 0 fully saturated rings. The van der Waals surface area contributed by atoms with Gasteiger partial charge in [-0.1, -0.05) is 65.3 Å². The molecule has 4 rings (SSSR count). The topological polar surface area (TPSA) is 140 Å². The molecule has 4 aromatic rings. The molecule has 39 heavy (non-hydrogen) atoms. The van der Waals surface area contributed by atoms with Crippen molar-refractivity contribution in [3.05, 3.63) is 81.8 Å². The average Bonchev–Trinajstić information content (AvgIpc) is 2.86. The van der Waals surface area contributed by atoms with Crippen LogP contribution in [0, 0.1) is 6.92 Å². The summed E-state index contributed by atoms with van der Waals surface area (Å²) in [5, 5.41) is 24.8. The number of azo groups is 1. The Labute approximate surface area is 256 Å². The Morgan fingerprint density at radius 1 is 1.05 bits per heavy atom. The predicted molar refractivity (Wildman–Crippen MR) is 144 cm³/mol. The predicted octanol–water partition coefficient (Wildman–Crippen LogP) is 3.85. The minimum Gasteiger partial charge on any atom is -0.870 e. The maximum atomic E-state index is 13.4. The van der Waals surface area contributed by atoms with E-state index >= 15 is 0 Å². The van der Waals surface area contributed by atoms with E-state index in [1.54, 1.807) is 49.4 Å². The zero-order valence-corrected chi connectivity index (χ0v) is 25.4. The second-order valence-corrected chi connectivity index (χ2v) is 10.2. The number of aryl methyl sites for hydroxylation is 1. The quantitative estimate of drug-likeness (QED) is 0.189. The molecule has 1 amide bonds. The molecule has 4 aromatic carbocycles. The van der Waals surface area contributed by atoms with Crippen LogP contribution in [0.1, 0.15) is 22.8 Å². The van der Waals surface area contributed by atoms with Crippen LogP contribution < -0.4 is 44.7 Å². The minimum atomic E-state index is -4.64.